The number of hydrogen-bond acceptors (Lipinski definition) is 4. The Kier molecular flexibility index (Phi) is 7.87. The van der Waals surface area contributed by atoms with Gasteiger partial charge in [-0.25, -0.2) is 0 Å². The van der Waals surface area contributed by atoms with Crippen LogP contribution in [-0.4, -0.2) is 55.9 Å². The van der Waals surface area contributed by atoms with E-state index < -0.39 is 0 Å². The normalized spacial score (nSPS) is 10.8. The molecule has 0 saturated carbocycles. The van der Waals surface area contributed by atoms with Crippen LogP contribution in [0.1, 0.15) is 12.0 Å². The number of ether oxygens (including phenoxy) is 1. The van der Waals surface area contributed by atoms with Crippen molar-refractivity contribution >= 4 is 11.6 Å². The van der Waals surface area contributed by atoms with Crippen LogP contribution in [0.2, 0.25) is 0 Å². The molecule has 20 heavy (non-hydrogen) atoms. The molecule has 5 heteroatoms. The predicted octanol–water partition coefficient (Wildman–Crippen LogP) is 1.26. The van der Waals surface area contributed by atoms with Gasteiger partial charge in [0.25, 0.3) is 0 Å². The van der Waals surface area contributed by atoms with E-state index in [2.05, 4.69) is 5.32 Å². The first-order chi connectivity index (χ1) is 9.67. The minimum atomic E-state index is -0.0142. The third kappa shape index (κ3) is 6.14. The molecule has 0 spiro atoms. The van der Waals surface area contributed by atoms with E-state index >= 15 is 0 Å². The Labute approximate surface area is 120 Å². The molecule has 112 valence electrons. The zero-order chi connectivity index (χ0) is 14.8. The van der Waals surface area contributed by atoms with E-state index in [-0.39, 0.29) is 12.5 Å². The second-order valence-electron chi connectivity index (χ2n) is 4.67. The van der Waals surface area contributed by atoms with Crippen LogP contribution in [0.4, 0.5) is 5.69 Å². The van der Waals surface area contributed by atoms with Crippen molar-refractivity contribution in [1.82, 2.24) is 4.90 Å². The summed E-state index contributed by atoms with van der Waals surface area (Å²) < 4.78 is 5.01. The highest BCUT2D eigenvalue weighted by Gasteiger charge is 2.08. The number of nitrogens with one attached hydrogen (secondary N) is 1. The van der Waals surface area contributed by atoms with Crippen LogP contribution >= 0.6 is 0 Å². The highest BCUT2D eigenvalue weighted by molar-refractivity contribution is 5.91. The van der Waals surface area contributed by atoms with Crippen molar-refractivity contribution in [3.63, 3.8) is 0 Å². The number of aliphatic hydroxyl groups excluding tert-OH is 1. The Bertz CT molecular complexity index is 410. The van der Waals surface area contributed by atoms with Crippen molar-refractivity contribution in [2.45, 2.75) is 13.3 Å². The van der Waals surface area contributed by atoms with Gasteiger partial charge in [0.05, 0.1) is 13.2 Å². The highest BCUT2D eigenvalue weighted by Crippen LogP contribution is 2.13. The lowest BCUT2D eigenvalue weighted by Crippen LogP contribution is -2.33. The number of methoxy groups -OCH3 is 1. The zero-order valence-corrected chi connectivity index (χ0v) is 12.3. The molecule has 5 nitrogen and oxygen atoms in total. The summed E-state index contributed by atoms with van der Waals surface area (Å²) in [6.45, 7) is 4.53. The number of aliphatic hydroxyl groups is 1. The number of amides is 1. The van der Waals surface area contributed by atoms with E-state index in [9.17, 15) is 4.79 Å². The Hall–Kier alpha value is -1.43. The van der Waals surface area contributed by atoms with Crippen LogP contribution in [-0.2, 0) is 9.53 Å². The molecule has 1 aromatic carbocycles. The molecule has 1 aromatic rings. The molecule has 0 radical (unpaired) electrons. The summed E-state index contributed by atoms with van der Waals surface area (Å²) in [5.74, 6) is -0.0142. The molecule has 0 unspecified atom stereocenters. The summed E-state index contributed by atoms with van der Waals surface area (Å²) in [6.07, 6.45) is 0.401. The van der Waals surface area contributed by atoms with Crippen molar-refractivity contribution < 1.29 is 14.6 Å². The van der Waals surface area contributed by atoms with Gasteiger partial charge in [0, 0.05) is 38.9 Å². The second-order valence-corrected chi connectivity index (χ2v) is 4.67. The monoisotopic (exact) mass is 280 g/mol. The Morgan fingerprint density at radius 2 is 2.05 bits per heavy atom. The number of hydrogen-bond donors (Lipinski definition) is 2. The first-order valence-electron chi connectivity index (χ1n) is 6.85. The number of para-hydroxylation sites is 1. The topological polar surface area (TPSA) is 61.8 Å². The van der Waals surface area contributed by atoms with E-state index in [0.717, 1.165) is 11.3 Å². The fourth-order valence-corrected chi connectivity index (χ4v) is 1.88. The molecule has 0 saturated heterocycles. The molecule has 0 aliphatic heterocycles. The van der Waals surface area contributed by atoms with Crippen LogP contribution < -0.4 is 5.32 Å². The number of rotatable bonds is 9. The Morgan fingerprint density at radius 1 is 1.30 bits per heavy atom. The minimum Gasteiger partial charge on any atom is -0.395 e. The van der Waals surface area contributed by atoms with E-state index in [1.54, 1.807) is 7.11 Å². The van der Waals surface area contributed by atoms with Gasteiger partial charge in [-0.2, -0.15) is 0 Å². The molecule has 0 bridgehead atoms. The summed E-state index contributed by atoms with van der Waals surface area (Å²) in [6, 6.07) is 7.70. The lowest BCUT2D eigenvalue weighted by atomic mass is 10.2. The molecule has 0 fully saturated rings. The number of aryl methyl sites for hydroxylation is 1. The van der Waals surface area contributed by atoms with E-state index in [0.29, 0.717) is 32.7 Å². The molecule has 0 aliphatic carbocycles. The number of anilines is 1. The maximum Gasteiger partial charge on any atom is 0.225 e. The van der Waals surface area contributed by atoms with Crippen LogP contribution in [0.15, 0.2) is 24.3 Å². The van der Waals surface area contributed by atoms with Gasteiger partial charge in [-0.1, -0.05) is 18.2 Å². The second kappa shape index (κ2) is 9.47. The lowest BCUT2D eigenvalue weighted by Gasteiger charge is -2.20. The van der Waals surface area contributed by atoms with Crippen molar-refractivity contribution in [2.24, 2.45) is 0 Å². The average Bonchev–Trinajstić information content (AvgIpc) is 2.44. The third-order valence-corrected chi connectivity index (χ3v) is 3.10. The molecule has 1 rings (SSSR count). The molecular weight excluding hydrogens is 256 g/mol. The quantitative estimate of drug-likeness (QED) is 0.715. The summed E-state index contributed by atoms with van der Waals surface area (Å²) in [5.41, 5.74) is 1.90. The number of nitrogens with zero attached hydrogens (tertiary/aromatic N) is 1. The summed E-state index contributed by atoms with van der Waals surface area (Å²) in [5, 5.41) is 11.9. The average molecular weight is 280 g/mol. The van der Waals surface area contributed by atoms with Crippen molar-refractivity contribution in [2.75, 3.05) is 45.3 Å². The summed E-state index contributed by atoms with van der Waals surface area (Å²) in [4.78, 5) is 13.9. The van der Waals surface area contributed by atoms with Gasteiger partial charge >= 0.3 is 0 Å². The number of benzene rings is 1. The van der Waals surface area contributed by atoms with Crippen molar-refractivity contribution in [3.8, 4) is 0 Å². The SMILES string of the molecule is COCCN(CCO)CCC(=O)Nc1ccccc1C. The Balaban J connectivity index is 2.39. The van der Waals surface area contributed by atoms with Crippen LogP contribution in [0.25, 0.3) is 0 Å². The van der Waals surface area contributed by atoms with Gasteiger partial charge in [0.2, 0.25) is 5.91 Å². The molecule has 0 heterocycles. The zero-order valence-electron chi connectivity index (χ0n) is 12.3. The van der Waals surface area contributed by atoms with E-state index in [1.807, 2.05) is 36.1 Å². The first-order valence-corrected chi connectivity index (χ1v) is 6.85. The maximum atomic E-state index is 11.9. The van der Waals surface area contributed by atoms with Gasteiger partial charge in [-0.15, -0.1) is 0 Å². The standard InChI is InChI=1S/C15H24N2O3/c1-13-5-3-4-6-14(13)16-15(19)7-8-17(9-11-18)10-12-20-2/h3-6,18H,7-12H2,1-2H3,(H,16,19). The molecule has 0 atom stereocenters. The predicted molar refractivity (Wildman–Crippen MR) is 79.8 cm³/mol. The van der Waals surface area contributed by atoms with Gasteiger partial charge in [0.1, 0.15) is 0 Å². The van der Waals surface area contributed by atoms with Gasteiger partial charge in [0.15, 0.2) is 0 Å². The minimum absolute atomic E-state index is 0.0142. The molecular formula is C15H24N2O3. The molecule has 1 amide bonds. The highest BCUT2D eigenvalue weighted by atomic mass is 16.5. The van der Waals surface area contributed by atoms with E-state index in [4.69, 9.17) is 9.84 Å². The molecule has 0 aliphatic rings. The number of carbonyl (C=O) groups excluding carboxylic acids is 1. The molecule has 0 aromatic heterocycles. The first kappa shape index (κ1) is 16.6. The van der Waals surface area contributed by atoms with Crippen LogP contribution in [0.5, 0.6) is 0 Å². The number of carbonyl (C=O) groups is 1. The smallest absolute Gasteiger partial charge is 0.225 e. The fraction of sp³-hybridized carbons (Fsp3) is 0.533. The van der Waals surface area contributed by atoms with Gasteiger partial charge in [-0.05, 0) is 18.6 Å². The van der Waals surface area contributed by atoms with Crippen molar-refractivity contribution in [1.29, 1.82) is 0 Å². The maximum absolute atomic E-state index is 11.9. The van der Waals surface area contributed by atoms with Crippen LogP contribution in [0, 0.1) is 6.92 Å². The Morgan fingerprint density at radius 3 is 2.70 bits per heavy atom. The fourth-order valence-electron chi connectivity index (χ4n) is 1.88. The van der Waals surface area contributed by atoms with E-state index in [1.165, 1.54) is 0 Å². The summed E-state index contributed by atoms with van der Waals surface area (Å²) >= 11 is 0. The third-order valence-electron chi connectivity index (χ3n) is 3.10. The summed E-state index contributed by atoms with van der Waals surface area (Å²) in [7, 11) is 1.64. The largest absolute Gasteiger partial charge is 0.395 e. The van der Waals surface area contributed by atoms with Crippen molar-refractivity contribution in [3.05, 3.63) is 29.8 Å². The van der Waals surface area contributed by atoms with Gasteiger partial charge < -0.3 is 15.2 Å². The van der Waals surface area contributed by atoms with Gasteiger partial charge in [-0.3, -0.25) is 9.69 Å². The lowest BCUT2D eigenvalue weighted by molar-refractivity contribution is -0.116. The van der Waals surface area contributed by atoms with Crippen LogP contribution in [0.3, 0.4) is 0 Å². The molecule has 2 N–H and O–H groups in total.